The first-order valence-corrected chi connectivity index (χ1v) is 4.41. The lowest BCUT2D eigenvalue weighted by Crippen LogP contribution is -2.24. The first kappa shape index (κ1) is 11.8. The van der Waals surface area contributed by atoms with E-state index >= 15 is 0 Å². The van der Waals surface area contributed by atoms with Crippen molar-refractivity contribution in [3.8, 4) is 0 Å². The largest absolute Gasteiger partial charge is 0.431 e. The van der Waals surface area contributed by atoms with Gasteiger partial charge in [-0.15, -0.1) is 0 Å². The number of nitrogens with zero attached hydrogens (tertiary/aromatic N) is 1. The predicted molar refractivity (Wildman–Crippen MR) is 56.4 cm³/mol. The van der Waals surface area contributed by atoms with Gasteiger partial charge in [-0.3, -0.25) is 0 Å². The molecule has 0 aromatic rings. The molecule has 0 unspecified atom stereocenters. The summed E-state index contributed by atoms with van der Waals surface area (Å²) in [5.41, 5.74) is 0.879. The fourth-order valence-electron chi connectivity index (χ4n) is 0.576. The van der Waals surface area contributed by atoms with Crippen molar-refractivity contribution in [2.75, 3.05) is 7.05 Å². The standard InChI is InChI=1S/C10H18N2O/c1-6-8(3)12-10(11-5)13-9(4)7-2/h3-4,6-7H2,1-2,5H3,(H,11,12). The highest BCUT2D eigenvalue weighted by Gasteiger charge is 2.01. The minimum Gasteiger partial charge on any atom is -0.431 e. The van der Waals surface area contributed by atoms with Crippen LogP contribution < -0.4 is 5.32 Å². The molecule has 0 radical (unpaired) electrons. The van der Waals surface area contributed by atoms with Crippen molar-refractivity contribution in [1.29, 1.82) is 0 Å². The van der Waals surface area contributed by atoms with Gasteiger partial charge >= 0.3 is 0 Å². The molecule has 0 atom stereocenters. The number of rotatable bonds is 4. The van der Waals surface area contributed by atoms with Gasteiger partial charge in [0.05, 0.1) is 0 Å². The van der Waals surface area contributed by atoms with E-state index in [1.54, 1.807) is 7.05 Å². The summed E-state index contributed by atoms with van der Waals surface area (Å²) >= 11 is 0. The van der Waals surface area contributed by atoms with E-state index in [0.717, 1.165) is 18.5 Å². The topological polar surface area (TPSA) is 33.6 Å². The summed E-state index contributed by atoms with van der Waals surface area (Å²) in [5, 5.41) is 2.95. The smallest absolute Gasteiger partial charge is 0.293 e. The van der Waals surface area contributed by atoms with Gasteiger partial charge in [-0.25, -0.2) is 4.99 Å². The molecule has 0 saturated heterocycles. The van der Waals surface area contributed by atoms with Crippen molar-refractivity contribution in [3.63, 3.8) is 0 Å². The number of aliphatic imine (C=N–C) groups is 1. The lowest BCUT2D eigenvalue weighted by Gasteiger charge is -2.11. The highest BCUT2D eigenvalue weighted by Crippen LogP contribution is 2.00. The molecule has 0 saturated carbocycles. The van der Waals surface area contributed by atoms with E-state index in [4.69, 9.17) is 4.74 Å². The SMILES string of the molecule is C=C(CC)NC(=NC)OC(=C)CC. The summed E-state index contributed by atoms with van der Waals surface area (Å²) in [4.78, 5) is 3.93. The fraction of sp³-hybridized carbons (Fsp3) is 0.500. The molecule has 3 nitrogen and oxygen atoms in total. The fourth-order valence-corrected chi connectivity index (χ4v) is 0.576. The van der Waals surface area contributed by atoms with Crippen LogP contribution in [-0.2, 0) is 4.74 Å². The Morgan fingerprint density at radius 1 is 1.31 bits per heavy atom. The molecule has 3 heteroatoms. The van der Waals surface area contributed by atoms with Crippen LogP contribution in [-0.4, -0.2) is 13.1 Å². The van der Waals surface area contributed by atoms with E-state index in [1.807, 2.05) is 13.8 Å². The van der Waals surface area contributed by atoms with Gasteiger partial charge in [-0.2, -0.15) is 0 Å². The lowest BCUT2D eigenvalue weighted by molar-refractivity contribution is 0.384. The molecule has 13 heavy (non-hydrogen) atoms. The first-order chi connectivity index (χ1) is 6.13. The minimum absolute atomic E-state index is 0.457. The monoisotopic (exact) mass is 182 g/mol. The van der Waals surface area contributed by atoms with Gasteiger partial charge in [0.15, 0.2) is 0 Å². The summed E-state index contributed by atoms with van der Waals surface area (Å²) in [6, 6.07) is 0.457. The van der Waals surface area contributed by atoms with Gasteiger partial charge < -0.3 is 10.1 Å². The van der Waals surface area contributed by atoms with Crippen molar-refractivity contribution < 1.29 is 4.74 Å². The Morgan fingerprint density at radius 3 is 2.31 bits per heavy atom. The zero-order valence-corrected chi connectivity index (χ0v) is 8.68. The summed E-state index contributed by atoms with van der Waals surface area (Å²) in [6.07, 6.45) is 1.63. The van der Waals surface area contributed by atoms with Crippen molar-refractivity contribution in [3.05, 3.63) is 24.6 Å². The van der Waals surface area contributed by atoms with Gasteiger partial charge in [0.2, 0.25) is 0 Å². The van der Waals surface area contributed by atoms with Gasteiger partial charge in [0.1, 0.15) is 5.76 Å². The Bertz CT molecular complexity index is 199. The number of hydrogen-bond donors (Lipinski definition) is 1. The maximum absolute atomic E-state index is 5.30. The average molecular weight is 182 g/mol. The highest BCUT2D eigenvalue weighted by atomic mass is 16.5. The molecule has 0 aromatic heterocycles. The number of ether oxygens (including phenoxy) is 1. The molecular formula is C10H18N2O. The second-order valence-electron chi connectivity index (χ2n) is 2.61. The molecule has 0 heterocycles. The van der Waals surface area contributed by atoms with Gasteiger partial charge in [-0.1, -0.05) is 27.0 Å². The summed E-state index contributed by atoms with van der Waals surface area (Å²) in [6.45, 7) is 11.5. The zero-order valence-electron chi connectivity index (χ0n) is 8.68. The molecule has 0 aliphatic carbocycles. The maximum atomic E-state index is 5.30. The average Bonchev–Trinajstić information content (AvgIpc) is 2.16. The Balaban J connectivity index is 4.06. The van der Waals surface area contributed by atoms with Crippen molar-refractivity contribution in [2.45, 2.75) is 26.7 Å². The molecule has 0 amide bonds. The Kier molecular flexibility index (Phi) is 5.68. The number of amidine groups is 1. The molecule has 0 rings (SSSR count). The minimum atomic E-state index is 0.457. The molecule has 74 valence electrons. The van der Waals surface area contributed by atoms with Crippen LogP contribution in [0.1, 0.15) is 26.7 Å². The van der Waals surface area contributed by atoms with E-state index in [-0.39, 0.29) is 0 Å². The van der Waals surface area contributed by atoms with Crippen LogP contribution in [0, 0.1) is 0 Å². The second-order valence-corrected chi connectivity index (χ2v) is 2.61. The van der Waals surface area contributed by atoms with Crippen molar-refractivity contribution in [1.82, 2.24) is 5.32 Å². The third-order valence-corrected chi connectivity index (χ3v) is 1.55. The molecule has 0 fully saturated rings. The quantitative estimate of drug-likeness (QED) is 0.411. The first-order valence-electron chi connectivity index (χ1n) is 4.41. The van der Waals surface area contributed by atoms with Crippen LogP contribution in [0.15, 0.2) is 29.6 Å². The van der Waals surface area contributed by atoms with Gasteiger partial charge in [0.25, 0.3) is 6.02 Å². The van der Waals surface area contributed by atoms with E-state index < -0.39 is 0 Å². The third kappa shape index (κ3) is 5.06. The molecule has 0 aromatic carbocycles. The van der Waals surface area contributed by atoms with Crippen LogP contribution in [0.3, 0.4) is 0 Å². The molecular weight excluding hydrogens is 164 g/mol. The molecule has 0 spiro atoms. The van der Waals surface area contributed by atoms with Crippen molar-refractivity contribution >= 4 is 6.02 Å². The van der Waals surface area contributed by atoms with Crippen LogP contribution >= 0.6 is 0 Å². The number of allylic oxidation sites excluding steroid dienone is 2. The summed E-state index contributed by atoms with van der Waals surface area (Å²) < 4.78 is 5.30. The molecule has 1 N–H and O–H groups in total. The number of nitrogens with one attached hydrogen (secondary N) is 1. The van der Waals surface area contributed by atoms with E-state index in [1.165, 1.54) is 0 Å². The Labute approximate surface area is 80.2 Å². The molecule has 0 bridgehead atoms. The maximum Gasteiger partial charge on any atom is 0.293 e. The van der Waals surface area contributed by atoms with Crippen LogP contribution in [0.2, 0.25) is 0 Å². The zero-order chi connectivity index (χ0) is 10.3. The molecule has 0 aliphatic rings. The lowest BCUT2D eigenvalue weighted by atomic mass is 10.4. The van der Waals surface area contributed by atoms with Crippen LogP contribution in [0.25, 0.3) is 0 Å². The van der Waals surface area contributed by atoms with Crippen LogP contribution in [0.4, 0.5) is 0 Å². The Morgan fingerprint density at radius 2 is 1.92 bits per heavy atom. The Hall–Kier alpha value is -1.25. The molecule has 0 aliphatic heterocycles. The third-order valence-electron chi connectivity index (χ3n) is 1.55. The summed E-state index contributed by atoms with van der Waals surface area (Å²) in [7, 11) is 1.66. The van der Waals surface area contributed by atoms with Crippen LogP contribution in [0.5, 0.6) is 0 Å². The normalized spacial score (nSPS) is 10.8. The second kappa shape index (κ2) is 6.29. The highest BCUT2D eigenvalue weighted by molar-refractivity contribution is 5.76. The van der Waals surface area contributed by atoms with E-state index in [0.29, 0.717) is 11.8 Å². The van der Waals surface area contributed by atoms with Gasteiger partial charge in [-0.05, 0) is 6.42 Å². The van der Waals surface area contributed by atoms with Gasteiger partial charge in [0, 0.05) is 19.2 Å². The number of hydrogen-bond acceptors (Lipinski definition) is 2. The predicted octanol–water partition coefficient (Wildman–Crippen LogP) is 2.43. The van der Waals surface area contributed by atoms with E-state index in [9.17, 15) is 0 Å². The summed E-state index contributed by atoms with van der Waals surface area (Å²) in [5.74, 6) is 0.692. The van der Waals surface area contributed by atoms with Crippen molar-refractivity contribution in [2.24, 2.45) is 4.99 Å². The van der Waals surface area contributed by atoms with E-state index in [2.05, 4.69) is 23.5 Å².